The van der Waals surface area contributed by atoms with Gasteiger partial charge in [0.15, 0.2) is 4.77 Å². The van der Waals surface area contributed by atoms with E-state index >= 15 is 0 Å². The molecule has 0 atom stereocenters. The molecule has 0 bridgehead atoms. The van der Waals surface area contributed by atoms with Gasteiger partial charge in [-0.25, -0.2) is 0 Å². The van der Waals surface area contributed by atoms with E-state index in [0.717, 1.165) is 0 Å². The maximum absolute atomic E-state index is 12.3. The van der Waals surface area contributed by atoms with Crippen LogP contribution in [0.5, 0.6) is 0 Å². The topological polar surface area (TPSA) is 66.9 Å². The molecule has 5 nitrogen and oxygen atoms in total. The lowest BCUT2D eigenvalue weighted by Gasteiger charge is -2.08. The third-order valence-corrected chi connectivity index (χ3v) is 3.41. The first-order valence-corrected chi connectivity index (χ1v) is 7.09. The summed E-state index contributed by atoms with van der Waals surface area (Å²) >= 11 is 5.15. The van der Waals surface area contributed by atoms with Gasteiger partial charge in [0.25, 0.3) is 5.56 Å². The number of benzene rings is 1. The molecule has 0 aliphatic heterocycles. The summed E-state index contributed by atoms with van der Waals surface area (Å²) in [6.07, 6.45) is 0.420. The van der Waals surface area contributed by atoms with Crippen molar-refractivity contribution < 1.29 is 9.18 Å². The number of nitrogens with one attached hydrogen (secondary N) is 2. The molecule has 0 fully saturated rings. The fourth-order valence-corrected chi connectivity index (χ4v) is 2.28. The molecule has 0 saturated heterocycles. The lowest BCUT2D eigenvalue weighted by atomic mass is 10.2. The Bertz CT molecular complexity index is 754. The Labute approximate surface area is 125 Å². The fraction of sp³-hybridized carbons (Fsp3) is 0.357. The zero-order valence-corrected chi connectivity index (χ0v) is 12.2. The maximum Gasteiger partial charge on any atom is 0.262 e. The Morgan fingerprint density at radius 1 is 1.38 bits per heavy atom. The summed E-state index contributed by atoms with van der Waals surface area (Å²) in [6.45, 7) is 0.0327. The summed E-state index contributed by atoms with van der Waals surface area (Å²) in [6, 6.07) is 7.08. The lowest BCUT2D eigenvalue weighted by molar-refractivity contribution is -0.121. The zero-order chi connectivity index (χ0) is 15.2. The van der Waals surface area contributed by atoms with E-state index < -0.39 is 6.67 Å². The molecule has 0 aliphatic rings. The van der Waals surface area contributed by atoms with Crippen molar-refractivity contribution in [2.75, 3.05) is 13.2 Å². The van der Waals surface area contributed by atoms with E-state index in [1.165, 1.54) is 4.57 Å². The van der Waals surface area contributed by atoms with Crippen LogP contribution in [0.25, 0.3) is 10.9 Å². The molecule has 2 N–H and O–H groups in total. The van der Waals surface area contributed by atoms with E-state index in [9.17, 15) is 14.0 Å². The minimum absolute atomic E-state index is 0.127. The number of hydrogen-bond acceptors (Lipinski definition) is 3. The molecule has 112 valence electrons. The first-order chi connectivity index (χ1) is 10.1. The number of rotatable bonds is 6. The number of alkyl halides is 1. The number of aromatic nitrogens is 2. The molecule has 2 rings (SSSR count). The molecule has 0 saturated carbocycles. The highest BCUT2D eigenvalue weighted by atomic mass is 32.1. The molecular formula is C14H16FN3O2S. The SMILES string of the molecule is O=C(CCn1c(=S)[nH]c2ccccc2c1=O)NCCCF. The van der Waals surface area contributed by atoms with E-state index in [1.54, 1.807) is 18.2 Å². The number of fused-ring (bicyclic) bond motifs is 1. The number of hydrogen-bond donors (Lipinski definition) is 2. The normalized spacial score (nSPS) is 10.7. The van der Waals surface area contributed by atoms with Crippen molar-refractivity contribution in [3.63, 3.8) is 0 Å². The molecule has 0 aliphatic carbocycles. The molecule has 1 amide bonds. The summed E-state index contributed by atoms with van der Waals surface area (Å²) in [5.74, 6) is -0.224. The number of nitrogens with zero attached hydrogens (tertiary/aromatic N) is 1. The van der Waals surface area contributed by atoms with E-state index in [1.807, 2.05) is 6.07 Å². The molecular weight excluding hydrogens is 293 g/mol. The average molecular weight is 309 g/mol. The van der Waals surface area contributed by atoms with Crippen molar-refractivity contribution in [1.29, 1.82) is 0 Å². The van der Waals surface area contributed by atoms with E-state index in [2.05, 4.69) is 10.3 Å². The van der Waals surface area contributed by atoms with Gasteiger partial charge in [-0.2, -0.15) is 0 Å². The van der Waals surface area contributed by atoms with Gasteiger partial charge in [0.2, 0.25) is 5.91 Å². The average Bonchev–Trinajstić information content (AvgIpc) is 2.47. The highest BCUT2D eigenvalue weighted by Gasteiger charge is 2.07. The molecule has 0 unspecified atom stereocenters. The van der Waals surface area contributed by atoms with Crippen molar-refractivity contribution in [3.8, 4) is 0 Å². The Hall–Kier alpha value is -2.02. The number of carbonyl (C=O) groups excluding carboxylic acids is 1. The number of carbonyl (C=O) groups is 1. The number of amides is 1. The predicted octanol–water partition coefficient (Wildman–Crippen LogP) is 1.92. The van der Waals surface area contributed by atoms with Crippen LogP contribution in [0.15, 0.2) is 29.1 Å². The standard InChI is InChI=1S/C14H16FN3O2S/c15-7-3-8-16-12(19)6-9-18-13(20)10-4-1-2-5-11(10)17-14(18)21/h1-2,4-5H,3,6-9H2,(H,16,19)(H,17,21). The van der Waals surface area contributed by atoms with Crippen molar-refractivity contribution >= 4 is 29.0 Å². The predicted molar refractivity (Wildman–Crippen MR) is 81.6 cm³/mol. The van der Waals surface area contributed by atoms with Crippen LogP contribution in [-0.2, 0) is 11.3 Å². The molecule has 7 heteroatoms. The quantitative estimate of drug-likeness (QED) is 0.633. The summed E-state index contributed by atoms with van der Waals surface area (Å²) in [4.78, 5) is 26.9. The first-order valence-electron chi connectivity index (χ1n) is 6.68. The maximum atomic E-state index is 12.3. The zero-order valence-electron chi connectivity index (χ0n) is 11.4. The first kappa shape index (κ1) is 15.4. The van der Waals surface area contributed by atoms with Crippen LogP contribution in [0.2, 0.25) is 0 Å². The molecule has 1 aromatic heterocycles. The van der Waals surface area contributed by atoms with Gasteiger partial charge < -0.3 is 10.3 Å². The Balaban J connectivity index is 2.14. The van der Waals surface area contributed by atoms with Gasteiger partial charge in [-0.1, -0.05) is 12.1 Å². The van der Waals surface area contributed by atoms with Gasteiger partial charge in [0.05, 0.1) is 17.6 Å². The second-order valence-electron chi connectivity index (χ2n) is 4.58. The summed E-state index contributed by atoms with van der Waals surface area (Å²) in [5.41, 5.74) is 0.460. The molecule has 0 radical (unpaired) electrons. The third kappa shape index (κ3) is 3.75. The van der Waals surface area contributed by atoms with Gasteiger partial charge in [0, 0.05) is 19.5 Å². The van der Waals surface area contributed by atoms with Gasteiger partial charge in [-0.15, -0.1) is 0 Å². The largest absolute Gasteiger partial charge is 0.356 e. The monoisotopic (exact) mass is 309 g/mol. The fourth-order valence-electron chi connectivity index (χ4n) is 2.00. The minimum atomic E-state index is -0.463. The van der Waals surface area contributed by atoms with Crippen LogP contribution in [0.1, 0.15) is 12.8 Å². The van der Waals surface area contributed by atoms with Gasteiger partial charge in [0.1, 0.15) is 0 Å². The molecule has 21 heavy (non-hydrogen) atoms. The van der Waals surface area contributed by atoms with Crippen LogP contribution in [0.3, 0.4) is 0 Å². The second-order valence-corrected chi connectivity index (χ2v) is 4.96. The Kier molecular flexibility index (Phi) is 5.21. The van der Waals surface area contributed by atoms with Crippen LogP contribution in [-0.4, -0.2) is 28.7 Å². The molecule has 2 aromatic rings. The van der Waals surface area contributed by atoms with Gasteiger partial charge in [-0.3, -0.25) is 18.5 Å². The summed E-state index contributed by atoms with van der Waals surface area (Å²) in [5, 5.41) is 3.12. The lowest BCUT2D eigenvalue weighted by Crippen LogP contribution is -2.29. The molecule has 1 heterocycles. The number of H-pyrrole nitrogens is 1. The van der Waals surface area contributed by atoms with Crippen LogP contribution in [0, 0.1) is 4.77 Å². The number of para-hydroxylation sites is 1. The molecule has 0 spiro atoms. The van der Waals surface area contributed by atoms with E-state index in [4.69, 9.17) is 12.2 Å². The van der Waals surface area contributed by atoms with Crippen molar-refractivity contribution in [2.45, 2.75) is 19.4 Å². The third-order valence-electron chi connectivity index (χ3n) is 3.08. The number of aromatic amines is 1. The summed E-state index contributed by atoms with van der Waals surface area (Å²) in [7, 11) is 0. The van der Waals surface area contributed by atoms with Crippen LogP contribution < -0.4 is 10.9 Å². The van der Waals surface area contributed by atoms with Crippen molar-refractivity contribution in [2.24, 2.45) is 0 Å². The highest BCUT2D eigenvalue weighted by molar-refractivity contribution is 7.71. The van der Waals surface area contributed by atoms with E-state index in [-0.39, 0.29) is 29.2 Å². The van der Waals surface area contributed by atoms with Crippen molar-refractivity contribution in [3.05, 3.63) is 39.4 Å². The highest BCUT2D eigenvalue weighted by Crippen LogP contribution is 2.06. The summed E-state index contributed by atoms with van der Waals surface area (Å²) < 4.78 is 13.6. The Morgan fingerprint density at radius 2 is 2.14 bits per heavy atom. The number of halogens is 1. The van der Waals surface area contributed by atoms with E-state index in [0.29, 0.717) is 23.9 Å². The van der Waals surface area contributed by atoms with Gasteiger partial charge >= 0.3 is 0 Å². The van der Waals surface area contributed by atoms with Gasteiger partial charge in [-0.05, 0) is 30.8 Å². The molecule has 1 aromatic carbocycles. The minimum Gasteiger partial charge on any atom is -0.356 e. The smallest absolute Gasteiger partial charge is 0.262 e. The van der Waals surface area contributed by atoms with Crippen LogP contribution >= 0.6 is 12.2 Å². The second kappa shape index (κ2) is 7.12. The van der Waals surface area contributed by atoms with Crippen molar-refractivity contribution in [1.82, 2.24) is 14.9 Å². The Morgan fingerprint density at radius 3 is 2.90 bits per heavy atom. The van der Waals surface area contributed by atoms with Crippen LogP contribution in [0.4, 0.5) is 4.39 Å².